The summed E-state index contributed by atoms with van der Waals surface area (Å²) in [5.74, 6) is 1.78. The van der Waals surface area contributed by atoms with Gasteiger partial charge in [0.25, 0.3) is 0 Å². The van der Waals surface area contributed by atoms with Gasteiger partial charge in [-0.3, -0.25) is 0 Å². The average molecular weight is 405 g/mol. The largest absolute Gasteiger partial charge is 0.492 e. The molecule has 0 N–H and O–H groups in total. The summed E-state index contributed by atoms with van der Waals surface area (Å²) in [5, 5.41) is 0.705. The molecule has 0 spiro atoms. The average Bonchev–Trinajstić information content (AvgIpc) is 3.07. The molecule has 0 amide bonds. The van der Waals surface area contributed by atoms with Crippen LogP contribution in [0.2, 0.25) is 5.02 Å². The Hall–Kier alpha value is -2.78. The van der Waals surface area contributed by atoms with Crippen LogP contribution in [0.4, 0.5) is 0 Å². The van der Waals surface area contributed by atoms with Gasteiger partial charge in [-0.25, -0.2) is 4.98 Å². The van der Waals surface area contributed by atoms with E-state index >= 15 is 0 Å². The summed E-state index contributed by atoms with van der Waals surface area (Å²) in [6.07, 6.45) is 0. The monoisotopic (exact) mass is 404 g/mol. The minimum Gasteiger partial charge on any atom is -0.492 e. The van der Waals surface area contributed by atoms with Crippen LogP contribution in [0, 0.1) is 0 Å². The van der Waals surface area contributed by atoms with Crippen molar-refractivity contribution in [2.45, 2.75) is 32.7 Å². The lowest BCUT2D eigenvalue weighted by Crippen LogP contribution is -2.11. The molecule has 0 radical (unpaired) electrons. The topological polar surface area (TPSA) is 27.1 Å². The number of para-hydroxylation sites is 2. The summed E-state index contributed by atoms with van der Waals surface area (Å²) in [6.45, 7) is 7.89. The molecule has 0 atom stereocenters. The van der Waals surface area contributed by atoms with Gasteiger partial charge in [-0.05, 0) is 47.4 Å². The van der Waals surface area contributed by atoms with Crippen LogP contribution in [0.25, 0.3) is 22.4 Å². The molecule has 148 valence electrons. The number of rotatable bonds is 5. The predicted octanol–water partition coefficient (Wildman–Crippen LogP) is 6.73. The molecule has 4 aromatic rings. The van der Waals surface area contributed by atoms with E-state index < -0.39 is 0 Å². The Morgan fingerprint density at radius 2 is 1.69 bits per heavy atom. The van der Waals surface area contributed by atoms with Crippen molar-refractivity contribution in [2.24, 2.45) is 0 Å². The fourth-order valence-electron chi connectivity index (χ4n) is 3.46. The van der Waals surface area contributed by atoms with Crippen LogP contribution in [0.3, 0.4) is 0 Å². The molecule has 0 aliphatic carbocycles. The zero-order valence-electron chi connectivity index (χ0n) is 17.0. The maximum Gasteiger partial charge on any atom is 0.141 e. The lowest BCUT2D eigenvalue weighted by Gasteiger charge is -2.19. The van der Waals surface area contributed by atoms with E-state index in [2.05, 4.69) is 43.5 Å². The molecule has 3 nitrogen and oxygen atoms in total. The number of benzene rings is 3. The molecule has 29 heavy (non-hydrogen) atoms. The first kappa shape index (κ1) is 19.5. The third kappa shape index (κ3) is 4.30. The third-order valence-corrected chi connectivity index (χ3v) is 5.28. The Morgan fingerprint density at radius 1 is 0.931 bits per heavy atom. The van der Waals surface area contributed by atoms with Gasteiger partial charge in [0.05, 0.1) is 17.6 Å². The molecule has 0 saturated heterocycles. The molecule has 0 fully saturated rings. The first-order valence-corrected chi connectivity index (χ1v) is 10.2. The molecular formula is C25H25ClN2O. The van der Waals surface area contributed by atoms with E-state index in [4.69, 9.17) is 21.3 Å². The number of ether oxygens (including phenoxy) is 1. The molecular weight excluding hydrogens is 380 g/mol. The minimum absolute atomic E-state index is 0.139. The van der Waals surface area contributed by atoms with Gasteiger partial charge in [-0.2, -0.15) is 0 Å². The summed E-state index contributed by atoms with van der Waals surface area (Å²) in [5.41, 5.74) is 4.50. The predicted molar refractivity (Wildman–Crippen MR) is 121 cm³/mol. The molecule has 0 bridgehead atoms. The van der Waals surface area contributed by atoms with Gasteiger partial charge in [-0.1, -0.05) is 68.8 Å². The summed E-state index contributed by atoms with van der Waals surface area (Å²) in [6, 6.07) is 24.4. The summed E-state index contributed by atoms with van der Waals surface area (Å²) >= 11 is 6.21. The highest BCUT2D eigenvalue weighted by atomic mass is 35.5. The van der Waals surface area contributed by atoms with Gasteiger partial charge in [0.1, 0.15) is 18.2 Å². The number of fused-ring (bicyclic) bond motifs is 1. The molecule has 1 heterocycles. The Labute approximate surface area is 176 Å². The number of nitrogens with zero attached hydrogens (tertiary/aromatic N) is 2. The van der Waals surface area contributed by atoms with Crippen LogP contribution in [-0.2, 0) is 12.0 Å². The Balaban J connectivity index is 1.57. The van der Waals surface area contributed by atoms with Gasteiger partial charge in [-0.15, -0.1) is 0 Å². The first-order chi connectivity index (χ1) is 13.9. The highest BCUT2D eigenvalue weighted by Crippen LogP contribution is 2.27. The molecule has 0 aliphatic rings. The second-order valence-corrected chi connectivity index (χ2v) is 8.65. The third-order valence-electron chi connectivity index (χ3n) is 5.04. The second kappa shape index (κ2) is 7.92. The summed E-state index contributed by atoms with van der Waals surface area (Å²) in [7, 11) is 0. The lowest BCUT2D eigenvalue weighted by molar-refractivity contribution is 0.300. The normalized spacial score (nSPS) is 11.7. The number of hydrogen-bond donors (Lipinski definition) is 0. The van der Waals surface area contributed by atoms with Crippen LogP contribution >= 0.6 is 11.6 Å². The molecule has 0 unspecified atom stereocenters. The van der Waals surface area contributed by atoms with Crippen molar-refractivity contribution in [2.75, 3.05) is 6.61 Å². The molecule has 1 aromatic heterocycles. The molecule has 4 heteroatoms. The highest BCUT2D eigenvalue weighted by molar-refractivity contribution is 6.30. The fraction of sp³-hybridized carbons (Fsp3) is 0.240. The Morgan fingerprint density at radius 3 is 2.41 bits per heavy atom. The van der Waals surface area contributed by atoms with Crippen LogP contribution in [0.5, 0.6) is 5.75 Å². The zero-order valence-corrected chi connectivity index (χ0v) is 17.8. The number of imidazole rings is 1. The van der Waals surface area contributed by atoms with E-state index in [1.807, 2.05) is 54.6 Å². The molecule has 4 rings (SSSR count). The molecule has 0 saturated carbocycles. The van der Waals surface area contributed by atoms with Gasteiger partial charge in [0, 0.05) is 10.6 Å². The van der Waals surface area contributed by atoms with Crippen molar-refractivity contribution in [1.29, 1.82) is 0 Å². The Bertz CT molecular complexity index is 1120. The Kier molecular flexibility index (Phi) is 5.33. The van der Waals surface area contributed by atoms with Crippen molar-refractivity contribution in [1.82, 2.24) is 9.55 Å². The van der Waals surface area contributed by atoms with Gasteiger partial charge in [0.15, 0.2) is 0 Å². The van der Waals surface area contributed by atoms with E-state index in [1.165, 1.54) is 5.56 Å². The second-order valence-electron chi connectivity index (χ2n) is 8.21. The van der Waals surface area contributed by atoms with Crippen LogP contribution in [-0.4, -0.2) is 16.2 Å². The summed E-state index contributed by atoms with van der Waals surface area (Å²) in [4.78, 5) is 4.84. The van der Waals surface area contributed by atoms with Gasteiger partial charge < -0.3 is 9.30 Å². The van der Waals surface area contributed by atoms with Crippen LogP contribution < -0.4 is 4.74 Å². The molecule has 0 aliphatic heterocycles. The van der Waals surface area contributed by atoms with Gasteiger partial charge >= 0.3 is 0 Å². The van der Waals surface area contributed by atoms with Crippen molar-refractivity contribution in [3.05, 3.63) is 83.4 Å². The van der Waals surface area contributed by atoms with Crippen LogP contribution in [0.1, 0.15) is 26.3 Å². The van der Waals surface area contributed by atoms with E-state index in [9.17, 15) is 0 Å². The number of hydrogen-bond acceptors (Lipinski definition) is 2. The summed E-state index contributed by atoms with van der Waals surface area (Å²) < 4.78 is 8.23. The van der Waals surface area contributed by atoms with E-state index in [1.54, 1.807) is 0 Å². The smallest absolute Gasteiger partial charge is 0.141 e. The minimum atomic E-state index is 0.139. The van der Waals surface area contributed by atoms with Crippen molar-refractivity contribution in [3.63, 3.8) is 0 Å². The van der Waals surface area contributed by atoms with Crippen molar-refractivity contribution in [3.8, 4) is 17.1 Å². The molecule has 3 aromatic carbocycles. The quantitative estimate of drug-likeness (QED) is 0.368. The van der Waals surface area contributed by atoms with E-state index in [0.29, 0.717) is 18.2 Å². The fourth-order valence-corrected chi connectivity index (χ4v) is 3.65. The van der Waals surface area contributed by atoms with Gasteiger partial charge in [0.2, 0.25) is 0 Å². The lowest BCUT2D eigenvalue weighted by atomic mass is 9.87. The van der Waals surface area contributed by atoms with E-state index in [-0.39, 0.29) is 5.41 Å². The zero-order chi connectivity index (χ0) is 20.4. The number of aromatic nitrogens is 2. The maximum atomic E-state index is 6.21. The van der Waals surface area contributed by atoms with Crippen molar-refractivity contribution >= 4 is 22.6 Å². The standard InChI is InChI=1S/C25H25ClN2O/c1-25(2,3)19-11-13-21(14-12-19)29-16-15-28-23-10-5-4-9-22(23)27-24(28)18-7-6-8-20(26)17-18/h4-14,17H,15-16H2,1-3H3. The van der Waals surface area contributed by atoms with E-state index in [0.717, 1.165) is 28.2 Å². The van der Waals surface area contributed by atoms with Crippen LogP contribution in [0.15, 0.2) is 72.8 Å². The number of halogens is 1. The maximum absolute atomic E-state index is 6.21. The first-order valence-electron chi connectivity index (χ1n) is 9.86. The van der Waals surface area contributed by atoms with Crippen molar-refractivity contribution < 1.29 is 4.74 Å². The highest BCUT2D eigenvalue weighted by Gasteiger charge is 2.14. The SMILES string of the molecule is CC(C)(C)c1ccc(OCCn2c(-c3cccc(Cl)c3)nc3ccccc32)cc1.